The van der Waals surface area contributed by atoms with Crippen molar-refractivity contribution in [3.8, 4) is 12.4 Å². The predicted molar refractivity (Wildman–Crippen MR) is 59.0 cm³/mol. The van der Waals surface area contributed by atoms with Gasteiger partial charge in [0.2, 0.25) is 0 Å². The second kappa shape index (κ2) is 7.24. The van der Waals surface area contributed by atoms with Crippen LogP contribution in [0.4, 0.5) is 0 Å². The minimum atomic E-state index is 0.555. The van der Waals surface area contributed by atoms with E-state index in [-0.39, 0.29) is 0 Å². The maximum absolute atomic E-state index is 8.36. The average Bonchev–Trinajstić information content (AvgIpc) is 2.74. The van der Waals surface area contributed by atoms with Crippen molar-refractivity contribution < 1.29 is 0 Å². The highest BCUT2D eigenvalue weighted by molar-refractivity contribution is 4.90. The van der Waals surface area contributed by atoms with Crippen molar-refractivity contribution in [3.05, 3.63) is 12.4 Å². The fraction of sp³-hybridized carbons (Fsp3) is 0.600. The topological polar surface area (TPSA) is 78.1 Å². The molecule has 0 saturated carbocycles. The third kappa shape index (κ3) is 4.43. The highest BCUT2D eigenvalue weighted by Gasteiger charge is 2.10. The standard InChI is InChI=1S/C10H16N6/c11-7-13-3-1-2-4-15-5-6-16(10-15)9-14-8-12/h5-6,13-14H,1-4,9-10H2. The van der Waals surface area contributed by atoms with Crippen molar-refractivity contribution in [2.75, 3.05) is 26.4 Å². The van der Waals surface area contributed by atoms with Crippen molar-refractivity contribution in [1.82, 2.24) is 20.4 Å². The molecule has 0 bridgehead atoms. The zero-order valence-corrected chi connectivity index (χ0v) is 9.19. The summed E-state index contributed by atoms with van der Waals surface area (Å²) in [6.45, 7) is 3.10. The number of hydrogen-bond donors (Lipinski definition) is 2. The quantitative estimate of drug-likeness (QED) is 0.355. The van der Waals surface area contributed by atoms with E-state index in [1.807, 2.05) is 29.7 Å². The molecular formula is C10H16N6. The van der Waals surface area contributed by atoms with Gasteiger partial charge in [0.15, 0.2) is 12.4 Å². The first-order valence-corrected chi connectivity index (χ1v) is 5.27. The Morgan fingerprint density at radius 2 is 1.81 bits per heavy atom. The lowest BCUT2D eigenvalue weighted by Crippen LogP contribution is -2.31. The molecule has 2 N–H and O–H groups in total. The maximum Gasteiger partial charge on any atom is 0.178 e. The molecule has 0 unspecified atom stereocenters. The lowest BCUT2D eigenvalue weighted by atomic mass is 10.3. The zero-order chi connectivity index (χ0) is 11.6. The van der Waals surface area contributed by atoms with Crippen molar-refractivity contribution >= 4 is 0 Å². The molecule has 1 aliphatic heterocycles. The lowest BCUT2D eigenvalue weighted by Gasteiger charge is -2.20. The molecule has 1 rings (SSSR count). The van der Waals surface area contributed by atoms with E-state index in [4.69, 9.17) is 10.5 Å². The fourth-order valence-electron chi connectivity index (χ4n) is 1.49. The molecule has 0 amide bonds. The summed E-state index contributed by atoms with van der Waals surface area (Å²) in [6.07, 6.45) is 9.84. The summed E-state index contributed by atoms with van der Waals surface area (Å²) in [5.41, 5.74) is 0. The van der Waals surface area contributed by atoms with Gasteiger partial charge in [-0.05, 0) is 12.8 Å². The van der Waals surface area contributed by atoms with E-state index in [1.54, 1.807) is 0 Å². The second-order valence-electron chi connectivity index (χ2n) is 3.53. The Hall–Kier alpha value is -2.08. The Morgan fingerprint density at radius 3 is 2.56 bits per heavy atom. The van der Waals surface area contributed by atoms with Gasteiger partial charge in [-0.3, -0.25) is 0 Å². The predicted octanol–water partition coefficient (Wildman–Crippen LogP) is -0.0882. The van der Waals surface area contributed by atoms with E-state index >= 15 is 0 Å². The maximum atomic E-state index is 8.36. The number of nitrogens with zero attached hydrogens (tertiary/aromatic N) is 4. The van der Waals surface area contributed by atoms with Gasteiger partial charge in [0.05, 0.1) is 13.3 Å². The number of hydrogen-bond acceptors (Lipinski definition) is 6. The van der Waals surface area contributed by atoms with Gasteiger partial charge in [-0.25, -0.2) is 0 Å². The van der Waals surface area contributed by atoms with Crippen LogP contribution in [-0.2, 0) is 0 Å². The van der Waals surface area contributed by atoms with E-state index in [0.717, 1.165) is 32.6 Å². The van der Waals surface area contributed by atoms with Crippen LogP contribution >= 0.6 is 0 Å². The number of nitriles is 2. The summed E-state index contributed by atoms with van der Waals surface area (Å²) in [7, 11) is 0. The van der Waals surface area contributed by atoms with Gasteiger partial charge in [-0.15, -0.1) is 0 Å². The van der Waals surface area contributed by atoms with Gasteiger partial charge >= 0.3 is 0 Å². The van der Waals surface area contributed by atoms with Crippen LogP contribution in [0.25, 0.3) is 0 Å². The van der Waals surface area contributed by atoms with Crippen molar-refractivity contribution in [1.29, 1.82) is 10.5 Å². The Morgan fingerprint density at radius 1 is 1.06 bits per heavy atom. The summed E-state index contributed by atoms with van der Waals surface area (Å²) in [4.78, 5) is 4.21. The first kappa shape index (κ1) is 12.0. The molecule has 0 atom stereocenters. The van der Waals surface area contributed by atoms with Crippen LogP contribution < -0.4 is 10.6 Å². The summed E-state index contributed by atoms with van der Waals surface area (Å²) in [5.74, 6) is 0. The molecule has 6 nitrogen and oxygen atoms in total. The molecule has 16 heavy (non-hydrogen) atoms. The molecule has 0 aromatic rings. The lowest BCUT2D eigenvalue weighted by molar-refractivity contribution is 0.257. The van der Waals surface area contributed by atoms with Crippen molar-refractivity contribution in [2.24, 2.45) is 0 Å². The van der Waals surface area contributed by atoms with Gasteiger partial charge in [-0.1, -0.05) is 0 Å². The molecule has 86 valence electrons. The third-order valence-corrected chi connectivity index (χ3v) is 2.29. The van der Waals surface area contributed by atoms with Crippen molar-refractivity contribution in [2.45, 2.75) is 12.8 Å². The summed E-state index contributed by atoms with van der Waals surface area (Å²) >= 11 is 0. The van der Waals surface area contributed by atoms with E-state index in [0.29, 0.717) is 6.67 Å². The Labute approximate surface area is 95.7 Å². The van der Waals surface area contributed by atoms with Crippen LogP contribution in [0.15, 0.2) is 12.4 Å². The van der Waals surface area contributed by atoms with Crippen LogP contribution in [-0.4, -0.2) is 36.2 Å². The monoisotopic (exact) mass is 220 g/mol. The minimum Gasteiger partial charge on any atom is -0.359 e. The molecular weight excluding hydrogens is 204 g/mol. The smallest absolute Gasteiger partial charge is 0.178 e. The van der Waals surface area contributed by atoms with Crippen LogP contribution in [0, 0.1) is 22.9 Å². The number of unbranched alkanes of at least 4 members (excludes halogenated alkanes) is 1. The fourth-order valence-corrected chi connectivity index (χ4v) is 1.49. The average molecular weight is 220 g/mol. The minimum absolute atomic E-state index is 0.555. The normalized spacial score (nSPS) is 13.4. The Balaban J connectivity index is 2.02. The first-order chi connectivity index (χ1) is 7.86. The van der Waals surface area contributed by atoms with Crippen LogP contribution in [0.5, 0.6) is 0 Å². The van der Waals surface area contributed by atoms with Crippen LogP contribution in [0.1, 0.15) is 12.8 Å². The third-order valence-electron chi connectivity index (χ3n) is 2.29. The first-order valence-electron chi connectivity index (χ1n) is 5.27. The summed E-state index contributed by atoms with van der Waals surface area (Å²) < 4.78 is 0. The number of nitrogens with one attached hydrogen (secondary N) is 2. The van der Waals surface area contributed by atoms with Gasteiger partial charge in [0, 0.05) is 25.5 Å². The summed E-state index contributed by atoms with van der Waals surface area (Å²) in [6, 6.07) is 0. The van der Waals surface area contributed by atoms with Crippen LogP contribution in [0.3, 0.4) is 0 Å². The molecule has 0 saturated heterocycles. The molecule has 0 aromatic carbocycles. The zero-order valence-electron chi connectivity index (χ0n) is 9.19. The largest absolute Gasteiger partial charge is 0.359 e. The van der Waals surface area contributed by atoms with E-state index in [1.165, 1.54) is 0 Å². The molecule has 1 aliphatic rings. The Bertz CT molecular complexity index is 299. The summed E-state index contributed by atoms with van der Waals surface area (Å²) in [5, 5.41) is 21.9. The highest BCUT2D eigenvalue weighted by Crippen LogP contribution is 2.06. The molecule has 0 spiro atoms. The molecule has 0 aliphatic carbocycles. The Kier molecular flexibility index (Phi) is 5.43. The molecule has 0 fully saturated rings. The number of rotatable bonds is 7. The second-order valence-corrected chi connectivity index (χ2v) is 3.53. The molecule has 6 heteroatoms. The van der Waals surface area contributed by atoms with Crippen LogP contribution in [0.2, 0.25) is 0 Å². The van der Waals surface area contributed by atoms with Gasteiger partial charge in [0.25, 0.3) is 0 Å². The SMILES string of the molecule is N#CNCCCCN1C=CN(CNC#N)C1. The van der Waals surface area contributed by atoms with Gasteiger partial charge in [0.1, 0.15) is 0 Å². The molecule has 1 heterocycles. The van der Waals surface area contributed by atoms with Crippen molar-refractivity contribution in [3.63, 3.8) is 0 Å². The molecule has 0 aromatic heterocycles. The highest BCUT2D eigenvalue weighted by atomic mass is 15.4. The van der Waals surface area contributed by atoms with E-state index < -0.39 is 0 Å². The van der Waals surface area contributed by atoms with Gasteiger partial charge in [-0.2, -0.15) is 10.5 Å². The molecule has 0 radical (unpaired) electrons. The van der Waals surface area contributed by atoms with Gasteiger partial charge < -0.3 is 20.4 Å². The van der Waals surface area contributed by atoms with E-state index in [2.05, 4.69) is 15.5 Å². The van der Waals surface area contributed by atoms with E-state index in [9.17, 15) is 0 Å².